The van der Waals surface area contributed by atoms with E-state index in [1.165, 1.54) is 0 Å². The summed E-state index contributed by atoms with van der Waals surface area (Å²) < 4.78 is 0. The molecule has 0 heterocycles. The molecule has 0 aliphatic heterocycles. The van der Waals surface area contributed by atoms with E-state index in [9.17, 15) is 0 Å². The van der Waals surface area contributed by atoms with Crippen molar-refractivity contribution in [1.29, 1.82) is 0 Å². The zero-order chi connectivity index (χ0) is 17.0. The Bertz CT molecular complexity index is 420. The van der Waals surface area contributed by atoms with Crippen LogP contribution < -0.4 is 0 Å². The SMILES string of the molecule is C#CC(C)Cl.[Sn].c1ccccc1.c1ccccc1.c1ccccc1. The van der Waals surface area contributed by atoms with Crippen molar-refractivity contribution < 1.29 is 0 Å². The van der Waals surface area contributed by atoms with Crippen LogP contribution in [0.5, 0.6) is 0 Å². The van der Waals surface area contributed by atoms with Crippen LogP contribution in [0.1, 0.15) is 6.92 Å². The zero-order valence-corrected chi connectivity index (χ0v) is 17.5. The molecule has 24 heavy (non-hydrogen) atoms. The van der Waals surface area contributed by atoms with E-state index in [0.717, 1.165) is 0 Å². The number of halogens is 1. The molecule has 0 saturated heterocycles. The average molecular weight is 442 g/mol. The van der Waals surface area contributed by atoms with Gasteiger partial charge in [0.25, 0.3) is 0 Å². The Morgan fingerprint density at radius 1 is 0.542 bits per heavy atom. The third-order valence-corrected chi connectivity index (χ3v) is 2.36. The van der Waals surface area contributed by atoms with Gasteiger partial charge in [0.15, 0.2) is 0 Å². The normalized spacial score (nSPS) is 8.71. The van der Waals surface area contributed by atoms with Crippen molar-refractivity contribution in [1.82, 2.24) is 0 Å². The molecule has 0 fully saturated rings. The Kier molecular flexibility index (Phi) is 21.8. The molecule has 3 aromatic rings. The number of benzene rings is 3. The van der Waals surface area contributed by atoms with Gasteiger partial charge in [-0.25, -0.2) is 0 Å². The molecule has 0 saturated carbocycles. The molecule has 0 aliphatic carbocycles. The standard InChI is InChI=1S/3C6H6.C4H5Cl.Sn/c3*1-2-4-6-5-3-1;1-3-4(2)5;/h3*1-6H;1,4H,2H3;. The van der Waals surface area contributed by atoms with Crippen LogP contribution in [0.3, 0.4) is 0 Å². The van der Waals surface area contributed by atoms with Gasteiger partial charge >= 0.3 is 0 Å². The number of hydrogen-bond acceptors (Lipinski definition) is 0. The van der Waals surface area contributed by atoms with Crippen LogP contribution in [-0.2, 0) is 0 Å². The number of hydrogen-bond donors (Lipinski definition) is 0. The number of alkyl halides is 1. The summed E-state index contributed by atoms with van der Waals surface area (Å²) in [5.74, 6) is 2.29. The zero-order valence-electron chi connectivity index (χ0n) is 13.9. The second-order valence-electron chi connectivity index (χ2n) is 4.25. The largest absolute Gasteiger partial charge is 0.119 e. The topological polar surface area (TPSA) is 0 Å². The van der Waals surface area contributed by atoms with E-state index in [1.54, 1.807) is 6.92 Å². The van der Waals surface area contributed by atoms with E-state index in [1.807, 2.05) is 109 Å². The first-order chi connectivity index (χ1) is 11.3. The Labute approximate surface area is 168 Å². The number of terminal acetylenes is 1. The molecular formula is C22H23ClSn. The van der Waals surface area contributed by atoms with E-state index >= 15 is 0 Å². The van der Waals surface area contributed by atoms with Crippen molar-refractivity contribution in [3.63, 3.8) is 0 Å². The summed E-state index contributed by atoms with van der Waals surface area (Å²) >= 11 is 5.23. The molecule has 0 nitrogen and oxygen atoms in total. The number of rotatable bonds is 0. The van der Waals surface area contributed by atoms with Crippen molar-refractivity contribution in [2.75, 3.05) is 0 Å². The van der Waals surface area contributed by atoms with E-state index in [0.29, 0.717) is 0 Å². The third-order valence-electron chi connectivity index (χ3n) is 2.23. The summed E-state index contributed by atoms with van der Waals surface area (Å²) in [6.07, 6.45) is 4.79. The van der Waals surface area contributed by atoms with Gasteiger partial charge in [-0.15, -0.1) is 18.0 Å². The second kappa shape index (κ2) is 21.3. The van der Waals surface area contributed by atoms with Crippen LogP contribution >= 0.6 is 11.6 Å². The molecule has 4 radical (unpaired) electrons. The van der Waals surface area contributed by atoms with Gasteiger partial charge in [0.1, 0.15) is 0 Å². The molecule has 2 heteroatoms. The van der Waals surface area contributed by atoms with Gasteiger partial charge in [0.2, 0.25) is 0 Å². The maximum Gasteiger partial charge on any atom is 0.0912 e. The smallest absolute Gasteiger partial charge is 0.0912 e. The Balaban J connectivity index is 0. The van der Waals surface area contributed by atoms with Crippen LogP contribution in [0.4, 0.5) is 0 Å². The molecule has 1 unspecified atom stereocenters. The minimum absolute atomic E-state index is 0. The van der Waals surface area contributed by atoms with Gasteiger partial charge in [0.05, 0.1) is 5.38 Å². The second-order valence-corrected chi connectivity index (χ2v) is 4.90. The van der Waals surface area contributed by atoms with Gasteiger partial charge in [-0.1, -0.05) is 115 Å². The molecule has 3 aromatic carbocycles. The Hall–Kier alpha value is -1.69. The van der Waals surface area contributed by atoms with Gasteiger partial charge < -0.3 is 0 Å². The van der Waals surface area contributed by atoms with Crippen molar-refractivity contribution in [3.05, 3.63) is 109 Å². The van der Waals surface area contributed by atoms with Gasteiger partial charge in [-0.3, -0.25) is 0 Å². The molecule has 0 N–H and O–H groups in total. The molecule has 0 aromatic heterocycles. The monoisotopic (exact) mass is 442 g/mol. The first-order valence-corrected chi connectivity index (χ1v) is 7.81. The molecule has 0 amide bonds. The molecule has 3 rings (SSSR count). The van der Waals surface area contributed by atoms with Gasteiger partial charge in [0, 0.05) is 23.9 Å². The first-order valence-electron chi connectivity index (χ1n) is 7.37. The molecule has 0 bridgehead atoms. The van der Waals surface area contributed by atoms with Gasteiger partial charge in [-0.2, -0.15) is 0 Å². The summed E-state index contributed by atoms with van der Waals surface area (Å²) in [5, 5.41) is -0.116. The van der Waals surface area contributed by atoms with Crippen LogP contribution in [0, 0.1) is 12.3 Å². The average Bonchev–Trinajstić information content (AvgIpc) is 2.67. The van der Waals surface area contributed by atoms with E-state index in [4.69, 9.17) is 18.0 Å². The predicted octanol–water partition coefficient (Wildman–Crippen LogP) is 5.93. The Morgan fingerprint density at radius 2 is 0.625 bits per heavy atom. The third kappa shape index (κ3) is 22.6. The molecular weight excluding hydrogens is 418 g/mol. The Morgan fingerprint density at radius 3 is 0.667 bits per heavy atom. The molecule has 122 valence electrons. The maximum atomic E-state index is 5.23. The fourth-order valence-electron chi connectivity index (χ4n) is 1.15. The minimum atomic E-state index is -0.116. The van der Waals surface area contributed by atoms with Crippen molar-refractivity contribution >= 4 is 35.5 Å². The van der Waals surface area contributed by atoms with E-state index < -0.39 is 0 Å². The maximum absolute atomic E-state index is 5.23. The molecule has 0 spiro atoms. The van der Waals surface area contributed by atoms with E-state index in [2.05, 4.69) is 5.92 Å². The van der Waals surface area contributed by atoms with Crippen LogP contribution in [-0.4, -0.2) is 29.3 Å². The minimum Gasteiger partial charge on any atom is -0.119 e. The summed E-state index contributed by atoms with van der Waals surface area (Å²) in [6.45, 7) is 1.75. The van der Waals surface area contributed by atoms with Crippen LogP contribution in [0.15, 0.2) is 109 Å². The summed E-state index contributed by atoms with van der Waals surface area (Å²) in [5.41, 5.74) is 0. The van der Waals surface area contributed by atoms with Crippen molar-refractivity contribution in [2.45, 2.75) is 12.3 Å². The van der Waals surface area contributed by atoms with E-state index in [-0.39, 0.29) is 29.3 Å². The summed E-state index contributed by atoms with van der Waals surface area (Å²) in [4.78, 5) is 0. The quantitative estimate of drug-likeness (QED) is 0.231. The van der Waals surface area contributed by atoms with Crippen molar-refractivity contribution in [3.8, 4) is 12.3 Å². The summed E-state index contributed by atoms with van der Waals surface area (Å²) in [6, 6.07) is 36.0. The fourth-order valence-corrected chi connectivity index (χ4v) is 1.15. The summed E-state index contributed by atoms with van der Waals surface area (Å²) in [7, 11) is 0. The van der Waals surface area contributed by atoms with Crippen LogP contribution in [0.25, 0.3) is 0 Å². The predicted molar refractivity (Wildman–Crippen MR) is 109 cm³/mol. The molecule has 1 atom stereocenters. The van der Waals surface area contributed by atoms with Crippen LogP contribution in [0.2, 0.25) is 0 Å². The molecule has 0 aliphatic rings. The van der Waals surface area contributed by atoms with Crippen molar-refractivity contribution in [2.24, 2.45) is 0 Å². The first kappa shape index (κ1) is 24.6. The van der Waals surface area contributed by atoms with Gasteiger partial charge in [-0.05, 0) is 6.92 Å². The fraction of sp³-hybridized carbons (Fsp3) is 0.0909.